The van der Waals surface area contributed by atoms with Crippen molar-refractivity contribution in [2.24, 2.45) is 0 Å². The topological polar surface area (TPSA) is 0 Å². The van der Waals surface area contributed by atoms with Crippen LogP contribution in [0.3, 0.4) is 0 Å². The van der Waals surface area contributed by atoms with Crippen LogP contribution in [0.15, 0.2) is 0 Å². The molecule has 0 spiro atoms. The molecule has 8 heavy (non-hydrogen) atoms. The van der Waals surface area contributed by atoms with Crippen LogP contribution in [0, 0.1) is 6.42 Å². The van der Waals surface area contributed by atoms with E-state index in [1.165, 1.54) is 12.8 Å². The van der Waals surface area contributed by atoms with Gasteiger partial charge in [0.25, 0.3) is 0 Å². The zero-order chi connectivity index (χ0) is 6.41. The molecular weight excluding hydrogens is 116 g/mol. The maximum absolute atomic E-state index is 4.85. The minimum absolute atomic E-state index is 1.03. The number of rotatable bonds is 4. The predicted molar refractivity (Wildman–Crippen MR) is 42.1 cm³/mol. The molecule has 0 aliphatic carbocycles. The summed E-state index contributed by atoms with van der Waals surface area (Å²) >= 11 is 4.85. The highest BCUT2D eigenvalue weighted by atomic mass is 32.1. The SMILES string of the molecule is CCCC[CH]C(C)=S. The molecule has 0 saturated heterocycles. The zero-order valence-corrected chi connectivity index (χ0v) is 6.42. The van der Waals surface area contributed by atoms with Crippen LogP contribution in [-0.4, -0.2) is 4.86 Å². The highest BCUT2D eigenvalue weighted by Crippen LogP contribution is 1.98. The normalized spacial score (nSPS) is 9.25. The lowest BCUT2D eigenvalue weighted by Gasteiger charge is -1.92. The second-order valence-corrected chi connectivity index (χ2v) is 2.60. The van der Waals surface area contributed by atoms with Crippen molar-refractivity contribution in [1.29, 1.82) is 0 Å². The first-order chi connectivity index (χ1) is 3.77. The Labute approximate surface area is 57.3 Å². The molecule has 0 saturated carbocycles. The Morgan fingerprint density at radius 2 is 2.25 bits per heavy atom. The molecule has 0 aromatic rings. The first-order valence-electron chi connectivity index (χ1n) is 3.11. The van der Waals surface area contributed by atoms with Crippen molar-refractivity contribution in [3.05, 3.63) is 6.42 Å². The van der Waals surface area contributed by atoms with Crippen molar-refractivity contribution < 1.29 is 0 Å². The van der Waals surface area contributed by atoms with E-state index in [0.717, 1.165) is 11.3 Å². The van der Waals surface area contributed by atoms with E-state index in [2.05, 4.69) is 13.3 Å². The Hall–Kier alpha value is 0.0900. The number of hydrogen-bond acceptors (Lipinski definition) is 1. The maximum atomic E-state index is 4.85. The van der Waals surface area contributed by atoms with Crippen LogP contribution >= 0.6 is 12.2 Å². The van der Waals surface area contributed by atoms with Crippen LogP contribution in [0.2, 0.25) is 0 Å². The van der Waals surface area contributed by atoms with Gasteiger partial charge in [0.15, 0.2) is 0 Å². The second-order valence-electron chi connectivity index (χ2n) is 1.96. The molecule has 0 aliphatic heterocycles. The third kappa shape index (κ3) is 6.09. The van der Waals surface area contributed by atoms with E-state index in [4.69, 9.17) is 12.2 Å². The van der Waals surface area contributed by atoms with Crippen molar-refractivity contribution in [3.63, 3.8) is 0 Å². The average Bonchev–Trinajstić information content (AvgIpc) is 1.66. The van der Waals surface area contributed by atoms with E-state index in [1.807, 2.05) is 6.92 Å². The van der Waals surface area contributed by atoms with E-state index in [0.29, 0.717) is 0 Å². The Morgan fingerprint density at radius 3 is 2.62 bits per heavy atom. The van der Waals surface area contributed by atoms with Crippen LogP contribution in [0.4, 0.5) is 0 Å². The average molecular weight is 129 g/mol. The van der Waals surface area contributed by atoms with Gasteiger partial charge >= 0.3 is 0 Å². The lowest BCUT2D eigenvalue weighted by Crippen LogP contribution is -1.86. The van der Waals surface area contributed by atoms with Gasteiger partial charge in [-0.25, -0.2) is 0 Å². The number of hydrogen-bond donors (Lipinski definition) is 0. The van der Waals surface area contributed by atoms with Crippen LogP contribution in [0.25, 0.3) is 0 Å². The van der Waals surface area contributed by atoms with Crippen LogP contribution in [-0.2, 0) is 0 Å². The summed E-state index contributed by atoms with van der Waals surface area (Å²) in [5, 5.41) is 0. The van der Waals surface area contributed by atoms with Crippen LogP contribution in [0.5, 0.6) is 0 Å². The van der Waals surface area contributed by atoms with E-state index < -0.39 is 0 Å². The molecule has 0 aliphatic rings. The van der Waals surface area contributed by atoms with Gasteiger partial charge in [-0.3, -0.25) is 0 Å². The molecule has 0 fully saturated rings. The Morgan fingerprint density at radius 1 is 1.62 bits per heavy atom. The predicted octanol–water partition coefficient (Wildman–Crippen LogP) is 2.77. The number of unbranched alkanes of at least 4 members (excludes halogenated alkanes) is 2. The summed E-state index contributed by atoms with van der Waals surface area (Å²) in [7, 11) is 0. The molecule has 0 N–H and O–H groups in total. The molecule has 0 amide bonds. The quantitative estimate of drug-likeness (QED) is 0.415. The van der Waals surface area contributed by atoms with Gasteiger partial charge < -0.3 is 0 Å². The zero-order valence-electron chi connectivity index (χ0n) is 5.61. The van der Waals surface area contributed by atoms with Crippen LogP contribution < -0.4 is 0 Å². The molecule has 0 atom stereocenters. The molecule has 0 bridgehead atoms. The highest BCUT2D eigenvalue weighted by Gasteiger charge is 1.86. The lowest BCUT2D eigenvalue weighted by atomic mass is 10.2. The lowest BCUT2D eigenvalue weighted by molar-refractivity contribution is 0.801. The summed E-state index contributed by atoms with van der Waals surface area (Å²) in [6.45, 7) is 4.15. The van der Waals surface area contributed by atoms with E-state index in [-0.39, 0.29) is 0 Å². The summed E-state index contributed by atoms with van der Waals surface area (Å²) in [5.41, 5.74) is 0. The molecule has 0 rings (SSSR count). The van der Waals surface area contributed by atoms with Crippen molar-refractivity contribution in [3.8, 4) is 0 Å². The third-order valence-corrected chi connectivity index (χ3v) is 1.16. The largest absolute Gasteiger partial charge is 0.0897 e. The molecule has 0 unspecified atom stereocenters. The fraction of sp³-hybridized carbons (Fsp3) is 0.714. The van der Waals surface area contributed by atoms with Gasteiger partial charge in [0.2, 0.25) is 0 Å². The van der Waals surface area contributed by atoms with Crippen LogP contribution in [0.1, 0.15) is 33.1 Å². The van der Waals surface area contributed by atoms with E-state index in [9.17, 15) is 0 Å². The molecule has 0 aromatic carbocycles. The fourth-order valence-electron chi connectivity index (χ4n) is 0.509. The van der Waals surface area contributed by atoms with Gasteiger partial charge in [-0.05, 0) is 24.6 Å². The first kappa shape index (κ1) is 8.09. The number of thiocarbonyl (C=S) groups is 1. The Bertz CT molecular complexity index is 66.8. The van der Waals surface area contributed by atoms with E-state index in [1.54, 1.807) is 0 Å². The molecule has 0 heterocycles. The fourth-order valence-corrected chi connectivity index (χ4v) is 0.627. The van der Waals surface area contributed by atoms with Gasteiger partial charge in [-0.2, -0.15) is 0 Å². The first-order valence-corrected chi connectivity index (χ1v) is 3.52. The smallest absolute Gasteiger partial charge is 0.00272 e. The van der Waals surface area contributed by atoms with Crippen molar-refractivity contribution in [1.82, 2.24) is 0 Å². The van der Waals surface area contributed by atoms with Gasteiger partial charge in [0, 0.05) is 0 Å². The standard InChI is InChI=1S/C7H13S/c1-3-4-5-6-7(2)8/h6H,3-5H2,1-2H3. The van der Waals surface area contributed by atoms with Crippen molar-refractivity contribution >= 4 is 17.1 Å². The Kier molecular flexibility index (Phi) is 5.29. The van der Waals surface area contributed by atoms with E-state index >= 15 is 0 Å². The van der Waals surface area contributed by atoms with Gasteiger partial charge in [-0.15, -0.1) is 0 Å². The maximum Gasteiger partial charge on any atom is -0.00272 e. The second kappa shape index (κ2) is 5.23. The summed E-state index contributed by atoms with van der Waals surface area (Å²) in [6.07, 6.45) is 5.80. The summed E-state index contributed by atoms with van der Waals surface area (Å²) in [5.74, 6) is 0. The van der Waals surface area contributed by atoms with Crippen molar-refractivity contribution in [2.45, 2.75) is 33.1 Å². The molecule has 47 valence electrons. The van der Waals surface area contributed by atoms with Gasteiger partial charge in [-0.1, -0.05) is 32.0 Å². The van der Waals surface area contributed by atoms with Gasteiger partial charge in [0.05, 0.1) is 0 Å². The highest BCUT2D eigenvalue weighted by molar-refractivity contribution is 7.80. The summed E-state index contributed by atoms with van der Waals surface area (Å²) in [6, 6.07) is 0. The minimum Gasteiger partial charge on any atom is -0.0897 e. The molecule has 1 heteroatoms. The Balaban J connectivity index is 2.82. The van der Waals surface area contributed by atoms with Crippen molar-refractivity contribution in [2.75, 3.05) is 0 Å². The molecule has 0 nitrogen and oxygen atoms in total. The summed E-state index contributed by atoms with van der Waals surface area (Å²) in [4.78, 5) is 1.03. The van der Waals surface area contributed by atoms with Gasteiger partial charge in [0.1, 0.15) is 0 Å². The summed E-state index contributed by atoms with van der Waals surface area (Å²) < 4.78 is 0. The minimum atomic E-state index is 1.03. The third-order valence-electron chi connectivity index (χ3n) is 0.989. The molecule has 1 radical (unpaired) electrons. The monoisotopic (exact) mass is 129 g/mol. The molecule has 0 aromatic heterocycles. The molecular formula is C7H13S.